The van der Waals surface area contributed by atoms with Crippen LogP contribution in [0.3, 0.4) is 0 Å². The minimum absolute atomic E-state index is 0.262. The molecule has 1 aromatic carbocycles. The summed E-state index contributed by atoms with van der Waals surface area (Å²) in [6.07, 6.45) is 2.69. The van der Waals surface area contributed by atoms with Gasteiger partial charge >= 0.3 is 0 Å². The fourth-order valence-electron chi connectivity index (χ4n) is 2.09. The second-order valence-corrected chi connectivity index (χ2v) is 5.68. The quantitative estimate of drug-likeness (QED) is 0.933. The minimum atomic E-state index is -0.262. The maximum atomic E-state index is 12.2. The predicted molar refractivity (Wildman–Crippen MR) is 85.5 cm³/mol. The van der Waals surface area contributed by atoms with E-state index in [2.05, 4.69) is 15.2 Å². The van der Waals surface area contributed by atoms with Crippen LogP contribution in [0.5, 0.6) is 0 Å². The van der Waals surface area contributed by atoms with Crippen molar-refractivity contribution in [1.82, 2.24) is 4.98 Å². The Hall–Kier alpha value is -1.78. The monoisotopic (exact) mass is 321 g/mol. The lowest BCUT2D eigenvalue weighted by atomic mass is 10.2. The van der Waals surface area contributed by atoms with Crippen LogP contribution >= 0.6 is 23.2 Å². The molecule has 6 heteroatoms. The highest BCUT2D eigenvalue weighted by Crippen LogP contribution is 2.27. The van der Waals surface area contributed by atoms with E-state index in [-0.39, 0.29) is 5.91 Å². The summed E-state index contributed by atoms with van der Waals surface area (Å²) in [6, 6.07) is 8.62. The first-order chi connectivity index (χ1) is 10.1. The topological polar surface area (TPSA) is 45.2 Å². The van der Waals surface area contributed by atoms with E-state index >= 15 is 0 Å². The summed E-state index contributed by atoms with van der Waals surface area (Å²) in [6.45, 7) is 1.92. The zero-order chi connectivity index (χ0) is 14.8. The Kier molecular flexibility index (Phi) is 3.99. The van der Waals surface area contributed by atoms with Gasteiger partial charge in [0.15, 0.2) is 0 Å². The molecule has 4 nitrogen and oxygen atoms in total. The Labute approximate surface area is 132 Å². The molecule has 0 saturated carbocycles. The lowest BCUT2D eigenvalue weighted by Gasteiger charge is -2.32. The molecule has 0 aliphatic carbocycles. The number of amides is 1. The van der Waals surface area contributed by atoms with Crippen molar-refractivity contribution in [2.75, 3.05) is 23.3 Å². The summed E-state index contributed by atoms with van der Waals surface area (Å²) < 4.78 is 0. The fourth-order valence-corrected chi connectivity index (χ4v) is 2.56. The second kappa shape index (κ2) is 5.92. The molecule has 0 bridgehead atoms. The molecule has 1 saturated heterocycles. The maximum Gasteiger partial charge on any atom is 0.257 e. The number of rotatable bonds is 3. The largest absolute Gasteiger partial charge is 0.355 e. The highest BCUT2D eigenvalue weighted by molar-refractivity contribution is 6.33. The van der Waals surface area contributed by atoms with Crippen molar-refractivity contribution in [3.8, 4) is 0 Å². The summed E-state index contributed by atoms with van der Waals surface area (Å²) in [7, 11) is 0. The number of benzene rings is 1. The van der Waals surface area contributed by atoms with Crippen molar-refractivity contribution in [2.45, 2.75) is 6.42 Å². The third kappa shape index (κ3) is 3.12. The molecule has 1 fully saturated rings. The summed E-state index contributed by atoms with van der Waals surface area (Å²) in [5.74, 6) is 0.476. The molecule has 0 spiro atoms. The van der Waals surface area contributed by atoms with Crippen LogP contribution in [0, 0.1) is 0 Å². The third-order valence-corrected chi connectivity index (χ3v) is 3.84. The highest BCUT2D eigenvalue weighted by Gasteiger charge is 2.19. The standard InChI is InChI=1S/C15H13Cl2N3O/c16-11-3-1-4-12(8-11)19-15(21)10-7-13(17)14(18-9-10)20-5-2-6-20/h1,3-4,7-9H,2,5-6H2,(H,19,21). The number of carbonyl (C=O) groups is 1. The average Bonchev–Trinajstić information content (AvgIpc) is 2.39. The van der Waals surface area contributed by atoms with Gasteiger partial charge < -0.3 is 10.2 Å². The average molecular weight is 322 g/mol. The maximum absolute atomic E-state index is 12.2. The van der Waals surface area contributed by atoms with E-state index < -0.39 is 0 Å². The smallest absolute Gasteiger partial charge is 0.257 e. The van der Waals surface area contributed by atoms with Gasteiger partial charge in [0.05, 0.1) is 10.6 Å². The number of nitrogens with zero attached hydrogens (tertiary/aromatic N) is 2. The molecule has 1 aliphatic rings. The van der Waals surface area contributed by atoms with E-state index in [0.717, 1.165) is 25.3 Å². The highest BCUT2D eigenvalue weighted by atomic mass is 35.5. The molecule has 1 amide bonds. The van der Waals surface area contributed by atoms with Gasteiger partial charge in [-0.25, -0.2) is 4.98 Å². The van der Waals surface area contributed by atoms with Crippen molar-refractivity contribution in [3.05, 3.63) is 52.1 Å². The molecule has 1 aliphatic heterocycles. The first-order valence-electron chi connectivity index (χ1n) is 6.61. The number of anilines is 2. The van der Waals surface area contributed by atoms with Gasteiger partial charge in [-0.2, -0.15) is 0 Å². The van der Waals surface area contributed by atoms with E-state index in [1.807, 2.05) is 0 Å². The Balaban J connectivity index is 1.77. The molecule has 0 radical (unpaired) electrons. The van der Waals surface area contributed by atoms with Crippen molar-refractivity contribution in [3.63, 3.8) is 0 Å². The van der Waals surface area contributed by atoms with Gasteiger partial charge in [0, 0.05) is 30.0 Å². The van der Waals surface area contributed by atoms with Crippen molar-refractivity contribution in [2.24, 2.45) is 0 Å². The number of aromatic nitrogens is 1. The van der Waals surface area contributed by atoms with Gasteiger partial charge in [-0.05, 0) is 30.7 Å². The van der Waals surface area contributed by atoms with Crippen molar-refractivity contribution < 1.29 is 4.79 Å². The van der Waals surface area contributed by atoms with Crippen molar-refractivity contribution in [1.29, 1.82) is 0 Å². The van der Waals surface area contributed by atoms with Crippen LogP contribution in [-0.4, -0.2) is 24.0 Å². The molecular formula is C15H13Cl2N3O. The first kappa shape index (κ1) is 14.2. The van der Waals surface area contributed by atoms with Crippen LogP contribution in [0.2, 0.25) is 10.0 Å². The number of halogens is 2. The Morgan fingerprint density at radius 2 is 2.05 bits per heavy atom. The van der Waals surface area contributed by atoms with Gasteiger partial charge in [-0.3, -0.25) is 4.79 Å². The Bertz CT molecular complexity index is 686. The number of pyridine rings is 1. The fraction of sp³-hybridized carbons (Fsp3) is 0.200. The molecule has 3 rings (SSSR count). The zero-order valence-electron chi connectivity index (χ0n) is 11.1. The summed E-state index contributed by atoms with van der Waals surface area (Å²) >= 11 is 12.1. The molecule has 21 heavy (non-hydrogen) atoms. The zero-order valence-corrected chi connectivity index (χ0v) is 12.7. The van der Waals surface area contributed by atoms with Gasteiger partial charge in [0.1, 0.15) is 5.82 Å². The van der Waals surface area contributed by atoms with E-state index in [4.69, 9.17) is 23.2 Å². The van der Waals surface area contributed by atoms with Crippen LogP contribution in [0.15, 0.2) is 36.5 Å². The van der Waals surface area contributed by atoms with E-state index in [0.29, 0.717) is 21.3 Å². The summed E-state index contributed by atoms with van der Waals surface area (Å²) in [5, 5.41) is 3.83. The normalized spacial score (nSPS) is 13.7. The van der Waals surface area contributed by atoms with Crippen LogP contribution in [0.25, 0.3) is 0 Å². The van der Waals surface area contributed by atoms with Crippen LogP contribution in [0.1, 0.15) is 16.8 Å². The minimum Gasteiger partial charge on any atom is -0.355 e. The molecule has 0 atom stereocenters. The van der Waals surface area contributed by atoms with Gasteiger partial charge in [0.2, 0.25) is 0 Å². The molecule has 108 valence electrons. The van der Waals surface area contributed by atoms with E-state index in [9.17, 15) is 4.79 Å². The third-order valence-electron chi connectivity index (χ3n) is 3.32. The number of hydrogen-bond donors (Lipinski definition) is 1. The van der Waals surface area contributed by atoms with Gasteiger partial charge in [-0.1, -0.05) is 29.3 Å². The molecule has 2 heterocycles. The molecular weight excluding hydrogens is 309 g/mol. The summed E-state index contributed by atoms with van der Waals surface area (Å²) in [5.41, 5.74) is 1.06. The van der Waals surface area contributed by atoms with Crippen LogP contribution < -0.4 is 10.2 Å². The van der Waals surface area contributed by atoms with Crippen LogP contribution in [0.4, 0.5) is 11.5 Å². The molecule has 0 unspecified atom stereocenters. The van der Waals surface area contributed by atoms with Gasteiger partial charge in [-0.15, -0.1) is 0 Å². The van der Waals surface area contributed by atoms with E-state index in [1.165, 1.54) is 0 Å². The van der Waals surface area contributed by atoms with Crippen molar-refractivity contribution >= 4 is 40.6 Å². The van der Waals surface area contributed by atoms with Gasteiger partial charge in [0.25, 0.3) is 5.91 Å². The number of carbonyl (C=O) groups excluding carboxylic acids is 1. The number of hydrogen-bond acceptors (Lipinski definition) is 3. The lowest BCUT2D eigenvalue weighted by Crippen LogP contribution is -2.37. The summed E-state index contributed by atoms with van der Waals surface area (Å²) in [4.78, 5) is 18.5. The lowest BCUT2D eigenvalue weighted by molar-refractivity contribution is 0.102. The molecule has 2 aromatic rings. The molecule has 1 N–H and O–H groups in total. The predicted octanol–water partition coefficient (Wildman–Crippen LogP) is 3.85. The Morgan fingerprint density at radius 3 is 2.67 bits per heavy atom. The molecule has 1 aromatic heterocycles. The SMILES string of the molecule is O=C(Nc1cccc(Cl)c1)c1cnc(N2CCC2)c(Cl)c1. The number of nitrogens with one attached hydrogen (secondary N) is 1. The second-order valence-electron chi connectivity index (χ2n) is 4.83. The Morgan fingerprint density at radius 1 is 1.24 bits per heavy atom. The van der Waals surface area contributed by atoms with Crippen LogP contribution in [-0.2, 0) is 0 Å². The first-order valence-corrected chi connectivity index (χ1v) is 7.36. The van der Waals surface area contributed by atoms with E-state index in [1.54, 1.807) is 36.5 Å².